The number of rotatable bonds is 4. The summed E-state index contributed by atoms with van der Waals surface area (Å²) in [5, 5.41) is 8.02. The van der Waals surface area contributed by atoms with E-state index in [1.54, 1.807) is 19.1 Å². The number of carbonyl (C=O) groups excluding carboxylic acids is 1. The highest BCUT2D eigenvalue weighted by atomic mass is 35.5. The standard InChI is InChI=1S/C17H11Cl2FN6O2/c1-8-15(24-25-26(8)9-2-3-11(20)10(18)6-9)17(27)28-7-14-21-12-4-5-13(19)22-16(12)23-14/h2-6H,7H2,1H3,(H,21,22,23). The summed E-state index contributed by atoms with van der Waals surface area (Å²) in [5.74, 6) is -0.818. The maximum atomic E-state index is 13.3. The number of H-pyrrole nitrogens is 1. The van der Waals surface area contributed by atoms with Gasteiger partial charge in [0.2, 0.25) is 0 Å². The van der Waals surface area contributed by atoms with E-state index in [0.717, 1.165) is 0 Å². The van der Waals surface area contributed by atoms with Gasteiger partial charge >= 0.3 is 5.97 Å². The number of ether oxygens (including phenoxy) is 1. The van der Waals surface area contributed by atoms with Crippen molar-refractivity contribution in [3.05, 3.63) is 63.5 Å². The third kappa shape index (κ3) is 3.41. The topological polar surface area (TPSA) is 98.6 Å². The molecule has 28 heavy (non-hydrogen) atoms. The van der Waals surface area contributed by atoms with E-state index in [1.165, 1.54) is 22.9 Å². The van der Waals surface area contributed by atoms with Gasteiger partial charge in [0, 0.05) is 0 Å². The Morgan fingerprint density at radius 1 is 1.25 bits per heavy atom. The van der Waals surface area contributed by atoms with Gasteiger partial charge in [-0.25, -0.2) is 23.8 Å². The smallest absolute Gasteiger partial charge is 0.361 e. The Morgan fingerprint density at radius 2 is 2.07 bits per heavy atom. The van der Waals surface area contributed by atoms with Crippen molar-refractivity contribution in [1.29, 1.82) is 0 Å². The molecule has 0 spiro atoms. The van der Waals surface area contributed by atoms with Gasteiger partial charge in [0.05, 0.1) is 21.9 Å². The predicted molar refractivity (Wildman–Crippen MR) is 99.1 cm³/mol. The molecule has 1 N–H and O–H groups in total. The highest BCUT2D eigenvalue weighted by molar-refractivity contribution is 6.31. The summed E-state index contributed by atoms with van der Waals surface area (Å²) in [4.78, 5) is 23.6. The quantitative estimate of drug-likeness (QED) is 0.399. The van der Waals surface area contributed by atoms with Crippen molar-refractivity contribution in [3.8, 4) is 5.69 Å². The van der Waals surface area contributed by atoms with Gasteiger partial charge in [0.15, 0.2) is 11.3 Å². The number of halogens is 3. The minimum atomic E-state index is -0.677. The Hall–Kier alpha value is -3.04. The number of hydrogen-bond donors (Lipinski definition) is 1. The summed E-state index contributed by atoms with van der Waals surface area (Å²) < 4.78 is 20.0. The van der Waals surface area contributed by atoms with Gasteiger partial charge in [-0.2, -0.15) is 0 Å². The Labute approximate surface area is 167 Å². The molecule has 3 aromatic heterocycles. The molecular formula is C17H11Cl2FN6O2. The van der Waals surface area contributed by atoms with Crippen LogP contribution >= 0.6 is 23.2 Å². The maximum Gasteiger partial charge on any atom is 0.361 e. The van der Waals surface area contributed by atoms with Crippen LogP contribution < -0.4 is 0 Å². The van der Waals surface area contributed by atoms with Crippen LogP contribution in [0.25, 0.3) is 16.9 Å². The molecule has 0 amide bonds. The third-order valence-electron chi connectivity index (χ3n) is 3.94. The predicted octanol–water partition coefficient (Wildman–Crippen LogP) is 3.65. The van der Waals surface area contributed by atoms with Crippen LogP contribution in [0, 0.1) is 12.7 Å². The molecule has 0 aliphatic carbocycles. The van der Waals surface area contributed by atoms with E-state index in [1.807, 2.05) is 0 Å². The Bertz CT molecular complexity index is 1210. The summed E-state index contributed by atoms with van der Waals surface area (Å²) in [6.07, 6.45) is 0. The second-order valence-corrected chi connectivity index (χ2v) is 6.59. The molecule has 0 aliphatic heterocycles. The molecule has 0 radical (unpaired) electrons. The average Bonchev–Trinajstić information content (AvgIpc) is 3.25. The Balaban J connectivity index is 1.51. The monoisotopic (exact) mass is 420 g/mol. The van der Waals surface area contributed by atoms with Gasteiger partial charge in [0.1, 0.15) is 23.4 Å². The number of pyridine rings is 1. The van der Waals surface area contributed by atoms with Crippen molar-refractivity contribution in [2.24, 2.45) is 0 Å². The van der Waals surface area contributed by atoms with Crippen LogP contribution in [0.5, 0.6) is 0 Å². The number of aromatic nitrogens is 6. The van der Waals surface area contributed by atoms with Crippen molar-refractivity contribution in [2.45, 2.75) is 13.5 Å². The minimum Gasteiger partial charge on any atom is -0.453 e. The summed E-state index contributed by atoms with van der Waals surface area (Å²) >= 11 is 11.6. The van der Waals surface area contributed by atoms with Gasteiger partial charge in [-0.3, -0.25) is 0 Å². The first-order valence-electron chi connectivity index (χ1n) is 7.98. The van der Waals surface area contributed by atoms with Gasteiger partial charge < -0.3 is 9.72 Å². The Morgan fingerprint density at radius 3 is 2.86 bits per heavy atom. The molecule has 0 saturated heterocycles. The first-order chi connectivity index (χ1) is 13.4. The third-order valence-corrected chi connectivity index (χ3v) is 4.44. The molecule has 0 unspecified atom stereocenters. The van der Waals surface area contributed by atoms with E-state index in [-0.39, 0.29) is 17.3 Å². The number of carbonyl (C=O) groups is 1. The molecule has 11 heteroatoms. The fourth-order valence-electron chi connectivity index (χ4n) is 2.57. The zero-order valence-corrected chi connectivity index (χ0v) is 15.8. The normalized spacial score (nSPS) is 11.1. The van der Waals surface area contributed by atoms with Gasteiger partial charge in [-0.1, -0.05) is 28.4 Å². The zero-order valence-electron chi connectivity index (χ0n) is 14.3. The van der Waals surface area contributed by atoms with Crippen LogP contribution in [0.4, 0.5) is 4.39 Å². The second-order valence-electron chi connectivity index (χ2n) is 5.80. The van der Waals surface area contributed by atoms with E-state index in [9.17, 15) is 9.18 Å². The minimum absolute atomic E-state index is 0.0257. The highest BCUT2D eigenvalue weighted by Crippen LogP contribution is 2.20. The molecule has 4 aromatic rings. The number of benzene rings is 1. The second kappa shape index (κ2) is 7.17. The molecule has 0 saturated carbocycles. The van der Waals surface area contributed by atoms with E-state index in [2.05, 4.69) is 25.3 Å². The molecule has 0 bridgehead atoms. The average molecular weight is 421 g/mol. The molecule has 3 heterocycles. The highest BCUT2D eigenvalue weighted by Gasteiger charge is 2.20. The van der Waals surface area contributed by atoms with E-state index >= 15 is 0 Å². The molecule has 0 fully saturated rings. The lowest BCUT2D eigenvalue weighted by molar-refractivity contribution is 0.0455. The first kappa shape index (κ1) is 18.3. The molecule has 8 nitrogen and oxygen atoms in total. The lowest BCUT2D eigenvalue weighted by Gasteiger charge is -2.05. The number of nitrogens with zero attached hydrogens (tertiary/aromatic N) is 5. The number of esters is 1. The van der Waals surface area contributed by atoms with E-state index in [0.29, 0.717) is 33.5 Å². The lowest BCUT2D eigenvalue weighted by atomic mass is 10.3. The van der Waals surface area contributed by atoms with Gasteiger partial charge in [-0.15, -0.1) is 5.10 Å². The molecule has 0 atom stereocenters. The van der Waals surface area contributed by atoms with Crippen LogP contribution in [0.2, 0.25) is 10.2 Å². The van der Waals surface area contributed by atoms with Crippen LogP contribution in [-0.2, 0) is 11.3 Å². The zero-order chi connectivity index (χ0) is 19.8. The fourth-order valence-corrected chi connectivity index (χ4v) is 2.89. The summed E-state index contributed by atoms with van der Waals surface area (Å²) in [5.41, 5.74) is 2.01. The number of fused-ring (bicyclic) bond motifs is 1. The number of imidazole rings is 1. The lowest BCUT2D eigenvalue weighted by Crippen LogP contribution is -2.09. The van der Waals surface area contributed by atoms with Crippen LogP contribution in [0.3, 0.4) is 0 Å². The molecule has 142 valence electrons. The van der Waals surface area contributed by atoms with Gasteiger partial charge in [-0.05, 0) is 37.3 Å². The number of hydrogen-bond acceptors (Lipinski definition) is 6. The molecule has 4 rings (SSSR count). The number of nitrogens with one attached hydrogen (secondary N) is 1. The van der Waals surface area contributed by atoms with Crippen molar-refractivity contribution in [1.82, 2.24) is 29.9 Å². The Kier molecular flexibility index (Phi) is 4.70. The van der Waals surface area contributed by atoms with E-state index in [4.69, 9.17) is 27.9 Å². The molecule has 1 aromatic carbocycles. The van der Waals surface area contributed by atoms with Gasteiger partial charge in [0.25, 0.3) is 0 Å². The summed E-state index contributed by atoms with van der Waals surface area (Å²) in [7, 11) is 0. The van der Waals surface area contributed by atoms with Crippen molar-refractivity contribution in [3.63, 3.8) is 0 Å². The van der Waals surface area contributed by atoms with Crippen molar-refractivity contribution >= 4 is 40.3 Å². The largest absolute Gasteiger partial charge is 0.453 e. The molecule has 0 aliphatic rings. The summed E-state index contributed by atoms with van der Waals surface area (Å²) in [6, 6.07) is 7.43. The van der Waals surface area contributed by atoms with Crippen molar-refractivity contribution < 1.29 is 13.9 Å². The molecular weight excluding hydrogens is 410 g/mol. The van der Waals surface area contributed by atoms with Crippen molar-refractivity contribution in [2.75, 3.05) is 0 Å². The maximum absolute atomic E-state index is 13.3. The fraction of sp³-hybridized carbons (Fsp3) is 0.118. The van der Waals surface area contributed by atoms with Crippen LogP contribution in [0.1, 0.15) is 22.0 Å². The van der Waals surface area contributed by atoms with Crippen LogP contribution in [0.15, 0.2) is 30.3 Å². The number of aromatic amines is 1. The SMILES string of the molecule is Cc1c(C(=O)OCc2nc3nc(Cl)ccc3[nH]2)nnn1-c1ccc(F)c(Cl)c1. The van der Waals surface area contributed by atoms with Crippen LogP contribution in [-0.4, -0.2) is 35.9 Å². The van der Waals surface area contributed by atoms with E-state index < -0.39 is 11.8 Å². The summed E-state index contributed by atoms with van der Waals surface area (Å²) in [6.45, 7) is 1.53. The first-order valence-corrected chi connectivity index (χ1v) is 8.74.